The standard InChI is InChI=1S/C14H12ClN5O2S/c1-10-11(15)3-2-4-12(10)23(21,22)19-13-7-14(18-8-17-13)20-6-5-16-9-20/h2-9H,1H3,(H,17,18,19). The van der Waals surface area contributed by atoms with Crippen LogP contribution in [0.3, 0.4) is 0 Å². The van der Waals surface area contributed by atoms with Crippen molar-refractivity contribution in [3.05, 3.63) is 59.9 Å². The van der Waals surface area contributed by atoms with E-state index in [0.717, 1.165) is 0 Å². The van der Waals surface area contributed by atoms with Gasteiger partial charge in [0.25, 0.3) is 10.0 Å². The Labute approximate surface area is 138 Å². The summed E-state index contributed by atoms with van der Waals surface area (Å²) in [7, 11) is -3.80. The van der Waals surface area contributed by atoms with Crippen LogP contribution in [0.4, 0.5) is 5.82 Å². The molecule has 1 aromatic carbocycles. The van der Waals surface area contributed by atoms with Crippen molar-refractivity contribution in [3.8, 4) is 5.82 Å². The van der Waals surface area contributed by atoms with Gasteiger partial charge in [-0.25, -0.2) is 23.4 Å². The van der Waals surface area contributed by atoms with Gasteiger partial charge >= 0.3 is 0 Å². The molecule has 0 aliphatic heterocycles. The van der Waals surface area contributed by atoms with Crippen LogP contribution in [0.5, 0.6) is 0 Å². The Hall–Kier alpha value is -2.45. The molecule has 0 fully saturated rings. The van der Waals surface area contributed by atoms with Crippen LogP contribution in [-0.4, -0.2) is 27.9 Å². The second-order valence-electron chi connectivity index (χ2n) is 4.70. The number of aromatic nitrogens is 4. The molecular weight excluding hydrogens is 338 g/mol. The van der Waals surface area contributed by atoms with Gasteiger partial charge in [0.15, 0.2) is 0 Å². The number of sulfonamides is 1. The van der Waals surface area contributed by atoms with E-state index in [1.807, 2.05) is 0 Å². The fourth-order valence-corrected chi connectivity index (χ4v) is 3.51. The third-order valence-corrected chi connectivity index (χ3v) is 5.08. The van der Waals surface area contributed by atoms with Crippen LogP contribution in [0.1, 0.15) is 5.56 Å². The molecule has 0 spiro atoms. The lowest BCUT2D eigenvalue weighted by molar-refractivity contribution is 0.600. The topological polar surface area (TPSA) is 89.8 Å². The summed E-state index contributed by atoms with van der Waals surface area (Å²) in [4.78, 5) is 12.0. The monoisotopic (exact) mass is 349 g/mol. The molecule has 0 amide bonds. The average molecular weight is 350 g/mol. The van der Waals surface area contributed by atoms with Crippen molar-refractivity contribution >= 4 is 27.4 Å². The summed E-state index contributed by atoms with van der Waals surface area (Å²) >= 11 is 5.99. The minimum Gasteiger partial charge on any atom is -0.290 e. The Morgan fingerprint density at radius 2 is 2.09 bits per heavy atom. The minimum absolute atomic E-state index is 0.104. The summed E-state index contributed by atoms with van der Waals surface area (Å²) in [5.41, 5.74) is 0.477. The molecule has 0 radical (unpaired) electrons. The number of hydrogen-bond donors (Lipinski definition) is 1. The maximum atomic E-state index is 12.5. The van der Waals surface area contributed by atoms with Crippen molar-refractivity contribution < 1.29 is 8.42 Å². The van der Waals surface area contributed by atoms with Crippen molar-refractivity contribution in [2.75, 3.05) is 4.72 Å². The third kappa shape index (κ3) is 3.17. The first-order valence-corrected chi connectivity index (χ1v) is 8.42. The van der Waals surface area contributed by atoms with Gasteiger partial charge in [-0.15, -0.1) is 0 Å². The van der Waals surface area contributed by atoms with Gasteiger partial charge in [-0.3, -0.25) is 9.29 Å². The van der Waals surface area contributed by atoms with E-state index >= 15 is 0 Å². The molecule has 0 aliphatic carbocycles. The van der Waals surface area contributed by atoms with E-state index < -0.39 is 10.0 Å². The molecular formula is C14H12ClN5O2S. The molecule has 0 bridgehead atoms. The van der Waals surface area contributed by atoms with Crippen LogP contribution in [0, 0.1) is 6.92 Å². The van der Waals surface area contributed by atoms with E-state index in [1.165, 1.54) is 18.5 Å². The molecule has 3 rings (SSSR count). The van der Waals surface area contributed by atoms with Crippen molar-refractivity contribution in [1.82, 2.24) is 19.5 Å². The molecule has 2 heterocycles. The normalized spacial score (nSPS) is 11.4. The van der Waals surface area contributed by atoms with Crippen LogP contribution < -0.4 is 4.72 Å². The van der Waals surface area contributed by atoms with Gasteiger partial charge < -0.3 is 0 Å². The Balaban J connectivity index is 1.95. The van der Waals surface area contributed by atoms with Gasteiger partial charge in [-0.1, -0.05) is 17.7 Å². The number of halogens is 1. The van der Waals surface area contributed by atoms with Crippen LogP contribution in [-0.2, 0) is 10.0 Å². The van der Waals surface area contributed by atoms with Crippen LogP contribution in [0.15, 0.2) is 54.2 Å². The summed E-state index contributed by atoms with van der Waals surface area (Å²) < 4.78 is 29.1. The van der Waals surface area contributed by atoms with Crippen molar-refractivity contribution in [2.24, 2.45) is 0 Å². The Bertz CT molecular complexity index is 942. The highest BCUT2D eigenvalue weighted by Crippen LogP contribution is 2.24. The number of benzene rings is 1. The number of anilines is 1. The van der Waals surface area contributed by atoms with E-state index in [-0.39, 0.29) is 10.7 Å². The van der Waals surface area contributed by atoms with Crippen molar-refractivity contribution in [2.45, 2.75) is 11.8 Å². The first-order chi connectivity index (χ1) is 11.0. The lowest BCUT2D eigenvalue weighted by atomic mass is 10.2. The zero-order valence-electron chi connectivity index (χ0n) is 12.0. The van der Waals surface area contributed by atoms with Gasteiger partial charge in [0.05, 0.1) is 4.90 Å². The van der Waals surface area contributed by atoms with Gasteiger partial charge in [-0.05, 0) is 24.6 Å². The van der Waals surface area contributed by atoms with E-state index in [0.29, 0.717) is 16.4 Å². The molecule has 0 unspecified atom stereocenters. The van der Waals surface area contributed by atoms with Crippen molar-refractivity contribution in [3.63, 3.8) is 0 Å². The molecule has 118 valence electrons. The maximum Gasteiger partial charge on any atom is 0.263 e. The second kappa shape index (κ2) is 5.98. The Kier molecular flexibility index (Phi) is 4.01. The maximum absolute atomic E-state index is 12.5. The Morgan fingerprint density at radius 3 is 2.83 bits per heavy atom. The van der Waals surface area contributed by atoms with Crippen molar-refractivity contribution in [1.29, 1.82) is 0 Å². The fourth-order valence-electron chi connectivity index (χ4n) is 2.01. The van der Waals surface area contributed by atoms with Gasteiger partial charge in [0.1, 0.15) is 24.3 Å². The highest BCUT2D eigenvalue weighted by Gasteiger charge is 2.19. The summed E-state index contributed by atoms with van der Waals surface area (Å²) in [5, 5.41) is 0.384. The molecule has 23 heavy (non-hydrogen) atoms. The number of rotatable bonds is 4. The molecule has 9 heteroatoms. The number of nitrogens with one attached hydrogen (secondary N) is 1. The Morgan fingerprint density at radius 1 is 1.26 bits per heavy atom. The molecule has 1 N–H and O–H groups in total. The van der Waals surface area contributed by atoms with Gasteiger partial charge in [0.2, 0.25) is 0 Å². The highest BCUT2D eigenvalue weighted by molar-refractivity contribution is 7.92. The van der Waals surface area contributed by atoms with E-state index in [1.54, 1.807) is 42.3 Å². The number of imidazole rings is 1. The quantitative estimate of drug-likeness (QED) is 0.781. The van der Waals surface area contributed by atoms with E-state index in [9.17, 15) is 8.42 Å². The zero-order chi connectivity index (χ0) is 16.4. The average Bonchev–Trinajstić information content (AvgIpc) is 3.04. The fraction of sp³-hybridized carbons (Fsp3) is 0.0714. The van der Waals surface area contributed by atoms with Gasteiger partial charge in [-0.2, -0.15) is 0 Å². The second-order valence-corrected chi connectivity index (χ2v) is 6.76. The van der Waals surface area contributed by atoms with Crippen LogP contribution >= 0.6 is 11.6 Å². The molecule has 3 aromatic rings. The molecule has 7 nitrogen and oxygen atoms in total. The molecule has 0 saturated carbocycles. The molecule has 0 aliphatic rings. The predicted molar refractivity (Wildman–Crippen MR) is 86.2 cm³/mol. The van der Waals surface area contributed by atoms with E-state index in [2.05, 4.69) is 19.7 Å². The van der Waals surface area contributed by atoms with E-state index in [4.69, 9.17) is 11.6 Å². The van der Waals surface area contributed by atoms with Crippen LogP contribution in [0.2, 0.25) is 5.02 Å². The van der Waals surface area contributed by atoms with Crippen LogP contribution in [0.25, 0.3) is 5.82 Å². The zero-order valence-corrected chi connectivity index (χ0v) is 13.6. The molecule has 0 atom stereocenters. The first kappa shape index (κ1) is 15.4. The smallest absolute Gasteiger partial charge is 0.263 e. The third-order valence-electron chi connectivity index (χ3n) is 3.17. The summed E-state index contributed by atoms with van der Waals surface area (Å²) in [6.45, 7) is 1.65. The minimum atomic E-state index is -3.80. The first-order valence-electron chi connectivity index (χ1n) is 6.56. The lowest BCUT2D eigenvalue weighted by Crippen LogP contribution is -2.15. The highest BCUT2D eigenvalue weighted by atomic mass is 35.5. The molecule has 0 saturated heterocycles. The lowest BCUT2D eigenvalue weighted by Gasteiger charge is -2.11. The molecule has 2 aromatic heterocycles. The number of hydrogen-bond acceptors (Lipinski definition) is 5. The predicted octanol–water partition coefficient (Wildman–Crippen LogP) is 2.42. The SMILES string of the molecule is Cc1c(Cl)cccc1S(=O)(=O)Nc1cc(-n2ccnc2)ncn1. The number of nitrogens with zero attached hydrogens (tertiary/aromatic N) is 4. The summed E-state index contributed by atoms with van der Waals surface area (Å²) in [6.07, 6.45) is 6.13. The summed E-state index contributed by atoms with van der Waals surface area (Å²) in [6, 6.07) is 6.22. The largest absolute Gasteiger partial charge is 0.290 e. The summed E-state index contributed by atoms with van der Waals surface area (Å²) in [5.74, 6) is 0.654. The van der Waals surface area contributed by atoms with Gasteiger partial charge in [0, 0.05) is 23.5 Å².